The maximum absolute atomic E-state index is 6.24. The van der Waals surface area contributed by atoms with Crippen molar-refractivity contribution >= 4 is 0 Å². The van der Waals surface area contributed by atoms with Crippen LogP contribution in [0.3, 0.4) is 0 Å². The van der Waals surface area contributed by atoms with E-state index in [9.17, 15) is 0 Å². The highest BCUT2D eigenvalue weighted by Gasteiger charge is 2.24. The van der Waals surface area contributed by atoms with Crippen LogP contribution in [0.15, 0.2) is 24.3 Å². The summed E-state index contributed by atoms with van der Waals surface area (Å²) in [6.45, 7) is 4.97. The Balaban J connectivity index is 2.98. The van der Waals surface area contributed by atoms with Gasteiger partial charge in [-0.3, -0.25) is 4.90 Å². The molecule has 0 aromatic heterocycles. The topological polar surface area (TPSA) is 57.0 Å². The summed E-state index contributed by atoms with van der Waals surface area (Å²) < 4.78 is 15.7. The van der Waals surface area contributed by atoms with Gasteiger partial charge in [-0.25, -0.2) is 0 Å². The zero-order valence-corrected chi connectivity index (χ0v) is 13.5. The number of nitrogens with two attached hydrogens (primary N) is 1. The molecular weight excluding hydrogens is 268 g/mol. The van der Waals surface area contributed by atoms with Gasteiger partial charge < -0.3 is 19.9 Å². The van der Waals surface area contributed by atoms with Crippen molar-refractivity contribution in [3.05, 3.63) is 29.8 Å². The summed E-state index contributed by atoms with van der Waals surface area (Å²) in [7, 11) is 5.09. The van der Waals surface area contributed by atoms with Gasteiger partial charge in [0.15, 0.2) is 0 Å². The lowest BCUT2D eigenvalue weighted by atomic mass is 9.98. The minimum atomic E-state index is -0.00850. The summed E-state index contributed by atoms with van der Waals surface area (Å²) in [5, 5.41) is 0. The molecule has 1 aromatic carbocycles. The molecule has 5 nitrogen and oxygen atoms in total. The average molecular weight is 296 g/mol. The van der Waals surface area contributed by atoms with Gasteiger partial charge in [-0.1, -0.05) is 12.1 Å². The van der Waals surface area contributed by atoms with Gasteiger partial charge in [0, 0.05) is 39.4 Å². The molecule has 2 atom stereocenters. The first kappa shape index (κ1) is 17.9. The van der Waals surface area contributed by atoms with Crippen LogP contribution in [0.5, 0.6) is 5.75 Å². The smallest absolute Gasteiger partial charge is 0.119 e. The quantitative estimate of drug-likeness (QED) is 0.712. The van der Waals surface area contributed by atoms with Crippen molar-refractivity contribution in [2.75, 3.05) is 47.6 Å². The van der Waals surface area contributed by atoms with E-state index in [1.54, 1.807) is 21.3 Å². The lowest BCUT2D eigenvalue weighted by molar-refractivity contribution is 0.0800. The fourth-order valence-electron chi connectivity index (χ4n) is 2.48. The minimum absolute atomic E-state index is 0.00850. The van der Waals surface area contributed by atoms with Gasteiger partial charge in [0.1, 0.15) is 5.75 Å². The molecule has 1 aromatic rings. The monoisotopic (exact) mass is 296 g/mol. The van der Waals surface area contributed by atoms with Crippen molar-refractivity contribution in [1.29, 1.82) is 0 Å². The van der Waals surface area contributed by atoms with Crippen LogP contribution in [0.2, 0.25) is 0 Å². The van der Waals surface area contributed by atoms with Crippen LogP contribution in [0, 0.1) is 0 Å². The van der Waals surface area contributed by atoms with Crippen molar-refractivity contribution in [1.82, 2.24) is 4.90 Å². The molecule has 0 aliphatic heterocycles. The highest BCUT2D eigenvalue weighted by atomic mass is 16.5. The first-order valence-electron chi connectivity index (χ1n) is 7.25. The second kappa shape index (κ2) is 9.73. The average Bonchev–Trinajstić information content (AvgIpc) is 2.49. The molecule has 0 fully saturated rings. The second-order valence-corrected chi connectivity index (χ2v) is 5.10. The molecule has 0 radical (unpaired) electrons. The van der Waals surface area contributed by atoms with E-state index in [0.29, 0.717) is 13.2 Å². The van der Waals surface area contributed by atoms with E-state index in [4.69, 9.17) is 19.9 Å². The third-order valence-electron chi connectivity index (χ3n) is 3.49. The van der Waals surface area contributed by atoms with E-state index < -0.39 is 0 Å². The maximum Gasteiger partial charge on any atom is 0.119 e. The number of hydrogen-bond acceptors (Lipinski definition) is 5. The van der Waals surface area contributed by atoms with Crippen LogP contribution in [0.25, 0.3) is 0 Å². The SMILES string of the molecule is COCCN(CCOC)C(c1cccc(OC)c1)C(C)N. The highest BCUT2D eigenvalue weighted by molar-refractivity contribution is 5.31. The minimum Gasteiger partial charge on any atom is -0.497 e. The Hall–Kier alpha value is -1.14. The van der Waals surface area contributed by atoms with E-state index in [1.807, 2.05) is 25.1 Å². The lowest BCUT2D eigenvalue weighted by Gasteiger charge is -2.34. The fourth-order valence-corrected chi connectivity index (χ4v) is 2.48. The molecule has 2 unspecified atom stereocenters. The van der Waals surface area contributed by atoms with Gasteiger partial charge >= 0.3 is 0 Å². The van der Waals surface area contributed by atoms with Crippen LogP contribution in [0.4, 0.5) is 0 Å². The predicted molar refractivity (Wildman–Crippen MR) is 84.7 cm³/mol. The number of benzene rings is 1. The predicted octanol–water partition coefficient (Wildman–Crippen LogP) is 1.68. The molecule has 0 heterocycles. The van der Waals surface area contributed by atoms with Crippen LogP contribution in [0.1, 0.15) is 18.5 Å². The summed E-state index contributed by atoms with van der Waals surface area (Å²) in [4.78, 5) is 2.30. The lowest BCUT2D eigenvalue weighted by Crippen LogP contribution is -2.42. The van der Waals surface area contributed by atoms with Crippen LogP contribution in [-0.2, 0) is 9.47 Å². The highest BCUT2D eigenvalue weighted by Crippen LogP contribution is 2.26. The first-order valence-corrected chi connectivity index (χ1v) is 7.25. The summed E-state index contributed by atoms with van der Waals surface area (Å²) in [6.07, 6.45) is 0. The van der Waals surface area contributed by atoms with Gasteiger partial charge in [-0.15, -0.1) is 0 Å². The number of rotatable bonds is 10. The van der Waals surface area contributed by atoms with Gasteiger partial charge in [0.05, 0.1) is 20.3 Å². The molecule has 0 amide bonds. The molecule has 120 valence electrons. The Morgan fingerprint density at radius 1 is 1.10 bits per heavy atom. The molecule has 0 saturated heterocycles. The molecule has 0 aliphatic rings. The Bertz CT molecular complexity index is 391. The standard InChI is InChI=1S/C16H28N2O3/c1-13(17)16(14-6-5-7-15(12-14)21-4)18(8-10-19-2)9-11-20-3/h5-7,12-13,16H,8-11,17H2,1-4H3. The molecule has 0 bridgehead atoms. The molecule has 2 N–H and O–H groups in total. The van der Waals surface area contributed by atoms with Gasteiger partial charge in [-0.05, 0) is 24.6 Å². The number of nitrogens with zero attached hydrogens (tertiary/aromatic N) is 1. The molecule has 0 spiro atoms. The second-order valence-electron chi connectivity index (χ2n) is 5.10. The largest absolute Gasteiger partial charge is 0.497 e. The summed E-state index contributed by atoms with van der Waals surface area (Å²) >= 11 is 0. The molecular formula is C16H28N2O3. The van der Waals surface area contributed by atoms with Crippen LogP contribution >= 0.6 is 0 Å². The number of ether oxygens (including phenoxy) is 3. The third-order valence-corrected chi connectivity index (χ3v) is 3.49. The third kappa shape index (κ3) is 5.63. The number of hydrogen-bond donors (Lipinski definition) is 1. The van der Waals surface area contributed by atoms with Crippen LogP contribution in [-0.4, -0.2) is 58.6 Å². The van der Waals surface area contributed by atoms with Gasteiger partial charge in [-0.2, -0.15) is 0 Å². The zero-order valence-electron chi connectivity index (χ0n) is 13.5. The van der Waals surface area contributed by atoms with Crippen molar-refractivity contribution in [3.63, 3.8) is 0 Å². The van der Waals surface area contributed by atoms with E-state index in [0.717, 1.165) is 24.4 Å². The Labute approximate surface area is 128 Å². The fraction of sp³-hybridized carbons (Fsp3) is 0.625. The van der Waals surface area contributed by atoms with Crippen molar-refractivity contribution in [3.8, 4) is 5.75 Å². The molecule has 5 heteroatoms. The summed E-state index contributed by atoms with van der Waals surface area (Å²) in [5.74, 6) is 0.844. The molecule has 21 heavy (non-hydrogen) atoms. The van der Waals surface area contributed by atoms with Crippen molar-refractivity contribution in [2.45, 2.75) is 19.0 Å². The molecule has 0 saturated carbocycles. The Morgan fingerprint density at radius 3 is 2.19 bits per heavy atom. The first-order chi connectivity index (χ1) is 10.1. The van der Waals surface area contributed by atoms with Crippen molar-refractivity contribution in [2.24, 2.45) is 5.73 Å². The van der Waals surface area contributed by atoms with Crippen molar-refractivity contribution < 1.29 is 14.2 Å². The van der Waals surface area contributed by atoms with E-state index in [1.165, 1.54) is 0 Å². The van der Waals surface area contributed by atoms with Crippen LogP contribution < -0.4 is 10.5 Å². The summed E-state index contributed by atoms with van der Waals surface area (Å²) in [6, 6.07) is 8.16. The van der Waals surface area contributed by atoms with E-state index >= 15 is 0 Å². The molecule has 1 rings (SSSR count). The maximum atomic E-state index is 6.24. The Morgan fingerprint density at radius 2 is 1.71 bits per heavy atom. The molecule has 0 aliphatic carbocycles. The van der Waals surface area contributed by atoms with E-state index in [2.05, 4.69) is 11.0 Å². The normalized spacial score (nSPS) is 14.2. The van der Waals surface area contributed by atoms with E-state index in [-0.39, 0.29) is 12.1 Å². The number of methoxy groups -OCH3 is 3. The van der Waals surface area contributed by atoms with Gasteiger partial charge in [0.25, 0.3) is 0 Å². The zero-order chi connectivity index (χ0) is 15.7. The summed E-state index contributed by atoms with van der Waals surface area (Å²) in [5.41, 5.74) is 7.39. The Kier molecular flexibility index (Phi) is 8.30. The van der Waals surface area contributed by atoms with Gasteiger partial charge in [0.2, 0.25) is 0 Å².